The van der Waals surface area contributed by atoms with Crippen molar-refractivity contribution in [2.75, 3.05) is 0 Å². The molecule has 0 saturated heterocycles. The lowest BCUT2D eigenvalue weighted by Gasteiger charge is -2.15. The van der Waals surface area contributed by atoms with E-state index in [1.165, 1.54) is 6.07 Å². The first-order valence-electron chi connectivity index (χ1n) is 5.48. The van der Waals surface area contributed by atoms with Gasteiger partial charge >= 0.3 is 0 Å². The Hall–Kier alpha value is -0.230. The number of halogens is 4. The lowest BCUT2D eigenvalue weighted by Crippen LogP contribution is -2.02. The molecule has 0 spiro atoms. The molecule has 2 rings (SSSR count). The topological polar surface area (TPSA) is 20.2 Å². The summed E-state index contributed by atoms with van der Waals surface area (Å²) in [6.45, 7) is 1.96. The van der Waals surface area contributed by atoms with Gasteiger partial charge in [0.2, 0.25) is 0 Å². The van der Waals surface area contributed by atoms with Crippen LogP contribution in [-0.4, -0.2) is 5.11 Å². The van der Waals surface area contributed by atoms with E-state index in [1.807, 2.05) is 19.1 Å². The van der Waals surface area contributed by atoms with E-state index in [0.717, 1.165) is 14.5 Å². The van der Waals surface area contributed by atoms with Gasteiger partial charge < -0.3 is 5.11 Å². The lowest BCUT2D eigenvalue weighted by atomic mass is 10.0. The highest BCUT2D eigenvalue weighted by molar-refractivity contribution is 9.11. The summed E-state index contributed by atoms with van der Waals surface area (Å²) in [4.78, 5) is 0. The molecule has 0 saturated carbocycles. The summed E-state index contributed by atoms with van der Waals surface area (Å²) in [5.41, 5.74) is 2.26. The molecule has 0 aliphatic heterocycles. The van der Waals surface area contributed by atoms with E-state index in [4.69, 9.17) is 0 Å². The summed E-state index contributed by atoms with van der Waals surface area (Å²) >= 11 is 9.96. The fourth-order valence-electron chi connectivity index (χ4n) is 1.73. The number of rotatable bonds is 2. The van der Waals surface area contributed by atoms with Crippen LogP contribution in [0.1, 0.15) is 22.8 Å². The molecule has 2 aromatic carbocycles. The third kappa shape index (κ3) is 3.27. The molecule has 0 heterocycles. The van der Waals surface area contributed by atoms with Gasteiger partial charge in [0.05, 0.1) is 4.47 Å². The van der Waals surface area contributed by atoms with Crippen molar-refractivity contribution in [3.05, 3.63) is 66.3 Å². The molecular formula is C14H10Br3FO. The van der Waals surface area contributed by atoms with Crippen molar-refractivity contribution in [2.45, 2.75) is 13.0 Å². The van der Waals surface area contributed by atoms with Crippen LogP contribution in [0.2, 0.25) is 0 Å². The van der Waals surface area contributed by atoms with Gasteiger partial charge in [-0.2, -0.15) is 0 Å². The van der Waals surface area contributed by atoms with Crippen LogP contribution in [0, 0.1) is 12.7 Å². The fourth-order valence-corrected chi connectivity index (χ4v) is 3.02. The molecule has 100 valence electrons. The van der Waals surface area contributed by atoms with Crippen molar-refractivity contribution in [2.24, 2.45) is 0 Å². The smallest absolute Gasteiger partial charge is 0.137 e. The van der Waals surface area contributed by atoms with E-state index in [9.17, 15) is 9.50 Å². The van der Waals surface area contributed by atoms with Gasteiger partial charge in [0.1, 0.15) is 11.9 Å². The van der Waals surface area contributed by atoms with Crippen LogP contribution in [-0.2, 0) is 0 Å². The Morgan fingerprint density at radius 3 is 2.32 bits per heavy atom. The molecule has 1 atom stereocenters. The van der Waals surface area contributed by atoms with Crippen molar-refractivity contribution >= 4 is 47.8 Å². The average Bonchev–Trinajstić information content (AvgIpc) is 2.36. The Labute approximate surface area is 136 Å². The molecule has 0 fully saturated rings. The standard InChI is InChI=1S/C14H10Br3FO/c1-7-4-12(17)9(6-11(7)16)14(19)8-2-3-10(15)13(18)5-8/h2-6,14,19H,1H3. The predicted molar refractivity (Wildman–Crippen MR) is 84.7 cm³/mol. The Morgan fingerprint density at radius 2 is 1.68 bits per heavy atom. The highest BCUT2D eigenvalue weighted by atomic mass is 79.9. The first-order valence-corrected chi connectivity index (χ1v) is 7.86. The summed E-state index contributed by atoms with van der Waals surface area (Å²) in [5.74, 6) is -0.390. The second-order valence-electron chi connectivity index (χ2n) is 4.20. The van der Waals surface area contributed by atoms with Crippen molar-refractivity contribution < 1.29 is 9.50 Å². The van der Waals surface area contributed by atoms with Crippen molar-refractivity contribution in [1.29, 1.82) is 0 Å². The van der Waals surface area contributed by atoms with Gasteiger partial charge in [-0.15, -0.1) is 0 Å². The molecule has 5 heteroatoms. The Kier molecular flexibility index (Phi) is 4.82. The molecule has 1 nitrogen and oxygen atoms in total. The largest absolute Gasteiger partial charge is 0.384 e. The zero-order valence-electron chi connectivity index (χ0n) is 9.92. The van der Waals surface area contributed by atoms with Crippen LogP contribution < -0.4 is 0 Å². The maximum absolute atomic E-state index is 13.5. The van der Waals surface area contributed by atoms with E-state index >= 15 is 0 Å². The number of hydrogen-bond acceptors (Lipinski definition) is 1. The lowest BCUT2D eigenvalue weighted by molar-refractivity contribution is 0.219. The number of aryl methyl sites for hydroxylation is 1. The number of hydrogen-bond donors (Lipinski definition) is 1. The van der Waals surface area contributed by atoms with Crippen LogP contribution >= 0.6 is 47.8 Å². The Morgan fingerprint density at radius 1 is 1.00 bits per heavy atom. The van der Waals surface area contributed by atoms with Crippen LogP contribution in [0.25, 0.3) is 0 Å². The highest BCUT2D eigenvalue weighted by Crippen LogP contribution is 2.33. The number of aliphatic hydroxyl groups is 1. The molecule has 0 amide bonds. The molecule has 1 unspecified atom stereocenters. The van der Waals surface area contributed by atoms with E-state index in [-0.39, 0.29) is 5.82 Å². The Balaban J connectivity index is 2.46. The first-order chi connectivity index (χ1) is 8.90. The van der Waals surface area contributed by atoms with Crippen LogP contribution in [0.15, 0.2) is 43.7 Å². The van der Waals surface area contributed by atoms with Gasteiger partial charge in [0, 0.05) is 14.5 Å². The predicted octanol–water partition coefficient (Wildman–Crippen LogP) is 5.50. The molecule has 0 aliphatic carbocycles. The molecule has 19 heavy (non-hydrogen) atoms. The van der Waals surface area contributed by atoms with Crippen molar-refractivity contribution in [3.8, 4) is 0 Å². The van der Waals surface area contributed by atoms with Gasteiger partial charge in [-0.1, -0.05) is 37.9 Å². The molecule has 2 aromatic rings. The van der Waals surface area contributed by atoms with Gasteiger partial charge in [0.15, 0.2) is 0 Å². The average molecular weight is 453 g/mol. The van der Waals surface area contributed by atoms with Crippen LogP contribution in [0.5, 0.6) is 0 Å². The highest BCUT2D eigenvalue weighted by Gasteiger charge is 2.16. The molecule has 0 aliphatic rings. The van der Waals surface area contributed by atoms with Crippen molar-refractivity contribution in [1.82, 2.24) is 0 Å². The summed E-state index contributed by atoms with van der Waals surface area (Å²) in [6, 6.07) is 8.36. The monoisotopic (exact) mass is 450 g/mol. The second kappa shape index (κ2) is 6.04. The van der Waals surface area contributed by atoms with Crippen LogP contribution in [0.3, 0.4) is 0 Å². The minimum Gasteiger partial charge on any atom is -0.384 e. The maximum atomic E-state index is 13.5. The summed E-state index contributed by atoms with van der Waals surface area (Å²) in [7, 11) is 0. The summed E-state index contributed by atoms with van der Waals surface area (Å²) in [5, 5.41) is 10.4. The minimum absolute atomic E-state index is 0.382. The van der Waals surface area contributed by atoms with Gasteiger partial charge in [-0.05, 0) is 58.2 Å². The molecular weight excluding hydrogens is 443 g/mol. The third-order valence-electron chi connectivity index (χ3n) is 2.83. The second-order valence-corrected chi connectivity index (χ2v) is 6.76. The zero-order chi connectivity index (χ0) is 14.2. The van der Waals surface area contributed by atoms with E-state index in [0.29, 0.717) is 15.6 Å². The van der Waals surface area contributed by atoms with Crippen molar-refractivity contribution in [3.63, 3.8) is 0 Å². The summed E-state index contributed by atoms with van der Waals surface area (Å²) in [6.07, 6.45) is -0.881. The minimum atomic E-state index is -0.881. The molecule has 0 bridgehead atoms. The van der Waals surface area contributed by atoms with Gasteiger partial charge in [-0.25, -0.2) is 4.39 Å². The maximum Gasteiger partial charge on any atom is 0.137 e. The Bertz CT molecular complexity index is 628. The van der Waals surface area contributed by atoms with E-state index in [1.54, 1.807) is 12.1 Å². The quantitative estimate of drug-likeness (QED) is 0.637. The van der Waals surface area contributed by atoms with Gasteiger partial charge in [0.25, 0.3) is 0 Å². The third-order valence-corrected chi connectivity index (χ3v) is 5.02. The SMILES string of the molecule is Cc1cc(Br)c(C(O)c2ccc(Br)c(F)c2)cc1Br. The first kappa shape index (κ1) is 15.2. The summed E-state index contributed by atoms with van der Waals surface area (Å²) < 4.78 is 15.6. The van der Waals surface area contributed by atoms with Crippen LogP contribution in [0.4, 0.5) is 4.39 Å². The fraction of sp³-hybridized carbons (Fsp3) is 0.143. The normalized spacial score (nSPS) is 12.5. The number of benzene rings is 2. The van der Waals surface area contributed by atoms with Gasteiger partial charge in [-0.3, -0.25) is 0 Å². The molecule has 0 radical (unpaired) electrons. The van der Waals surface area contributed by atoms with E-state index < -0.39 is 6.10 Å². The molecule has 0 aromatic heterocycles. The zero-order valence-corrected chi connectivity index (χ0v) is 14.7. The number of aliphatic hydroxyl groups excluding tert-OH is 1. The van der Waals surface area contributed by atoms with E-state index in [2.05, 4.69) is 47.8 Å². The molecule has 1 N–H and O–H groups in total.